The number of ether oxygens (including phenoxy) is 2. The van der Waals surface area contributed by atoms with Gasteiger partial charge in [-0.05, 0) is 6.42 Å². The van der Waals surface area contributed by atoms with Gasteiger partial charge in [0.15, 0.2) is 0 Å². The summed E-state index contributed by atoms with van der Waals surface area (Å²) in [6.45, 7) is 2.03. The number of amides is 2. The molecule has 1 atom stereocenters. The van der Waals surface area contributed by atoms with Crippen molar-refractivity contribution in [2.75, 3.05) is 20.3 Å². The van der Waals surface area contributed by atoms with E-state index in [-0.39, 0.29) is 25.4 Å². The smallest absolute Gasteiger partial charge is 0.407 e. The summed E-state index contributed by atoms with van der Waals surface area (Å²) in [6.07, 6.45) is 0.768. The summed E-state index contributed by atoms with van der Waals surface area (Å²) in [5, 5.41) is 21.6. The van der Waals surface area contributed by atoms with Crippen molar-refractivity contribution < 1.29 is 23.9 Å². The minimum absolute atomic E-state index is 0.0276. The molecule has 1 heterocycles. The van der Waals surface area contributed by atoms with Crippen molar-refractivity contribution in [2.45, 2.75) is 32.2 Å². The molecule has 1 aromatic carbocycles. The lowest BCUT2D eigenvalue weighted by Gasteiger charge is -2.16. The number of hydrogen-bond acceptors (Lipinski definition) is 9. The number of carbonyl (C=O) groups is 3. The highest BCUT2D eigenvalue weighted by atomic mass is 32.1. The highest BCUT2D eigenvalue weighted by Crippen LogP contribution is 2.24. The maximum Gasteiger partial charge on any atom is 0.407 e. The monoisotopic (exact) mass is 462 g/mol. The van der Waals surface area contributed by atoms with E-state index in [0.29, 0.717) is 22.0 Å². The van der Waals surface area contributed by atoms with Crippen LogP contribution < -0.4 is 16.4 Å². The molecule has 0 radical (unpaired) electrons. The van der Waals surface area contributed by atoms with Crippen molar-refractivity contribution in [2.24, 2.45) is 5.73 Å². The Balaban J connectivity index is 1.89. The molecule has 2 aromatic rings. The number of alkyl carbamates (subject to hydrolysis) is 1. The molecule has 172 valence electrons. The first-order valence-corrected chi connectivity index (χ1v) is 10.7. The first-order chi connectivity index (χ1) is 15.3. The van der Waals surface area contributed by atoms with Gasteiger partial charge in [0, 0.05) is 17.7 Å². The second-order valence-corrected chi connectivity index (χ2v) is 7.74. The molecule has 1 aromatic heterocycles. The van der Waals surface area contributed by atoms with E-state index in [4.69, 9.17) is 15.9 Å². The number of benzene rings is 1. The number of nitrogens with one attached hydrogen (secondary N) is 3. The minimum atomic E-state index is -1.08. The maximum atomic E-state index is 12.3. The zero-order valence-corrected chi connectivity index (χ0v) is 18.7. The van der Waals surface area contributed by atoms with Gasteiger partial charge in [-0.25, -0.2) is 9.59 Å². The first kappa shape index (κ1) is 24.7. The van der Waals surface area contributed by atoms with Gasteiger partial charge in [-0.3, -0.25) is 10.2 Å². The summed E-state index contributed by atoms with van der Waals surface area (Å²) < 4.78 is 9.63. The predicted molar refractivity (Wildman–Crippen MR) is 118 cm³/mol. The van der Waals surface area contributed by atoms with Gasteiger partial charge in [-0.2, -0.15) is 0 Å². The topological polar surface area (TPSA) is 169 Å². The van der Waals surface area contributed by atoms with Crippen LogP contribution in [0.5, 0.6) is 0 Å². The third kappa shape index (κ3) is 7.61. The number of hydrogen-bond donors (Lipinski definition) is 4. The lowest BCUT2D eigenvalue weighted by atomic mass is 10.1. The van der Waals surface area contributed by atoms with Gasteiger partial charge in [0.25, 0.3) is 0 Å². The van der Waals surface area contributed by atoms with E-state index in [9.17, 15) is 14.4 Å². The predicted octanol–water partition coefficient (Wildman–Crippen LogP) is 1.22. The molecule has 0 aliphatic carbocycles. The Morgan fingerprint density at radius 1 is 1.22 bits per heavy atom. The third-order valence-corrected chi connectivity index (χ3v) is 5.21. The number of unbranched alkanes of at least 4 members (excludes halogenated alkanes) is 1. The van der Waals surface area contributed by atoms with E-state index >= 15 is 0 Å². The van der Waals surface area contributed by atoms with Crippen LogP contribution in [0.25, 0.3) is 10.6 Å². The standard InChI is InChI=1S/C20H26N6O5S/c1-3-4-9-31-20(29)24-14(19(28)30-2)11-23-15(27)10-16-25-26-18(32-16)13-7-5-12(6-8-13)17(21)22/h5-8,14H,3-4,9-11H2,1-2H3,(H3,21,22)(H,23,27)(H,24,29)/t14-/m0/s1. The Morgan fingerprint density at radius 3 is 2.56 bits per heavy atom. The third-order valence-electron chi connectivity index (χ3n) is 4.23. The van der Waals surface area contributed by atoms with Gasteiger partial charge >= 0.3 is 12.1 Å². The Kier molecular flexibility index (Phi) is 9.54. The van der Waals surface area contributed by atoms with E-state index in [0.717, 1.165) is 12.0 Å². The molecular weight excluding hydrogens is 436 g/mol. The quantitative estimate of drug-likeness (QED) is 0.167. The SMILES string of the molecule is CCCCOC(=O)N[C@@H](CNC(=O)Cc1nnc(-c2ccc(C(=N)N)cc2)s1)C(=O)OC. The van der Waals surface area contributed by atoms with Crippen LogP contribution in [0.2, 0.25) is 0 Å². The fourth-order valence-corrected chi connectivity index (χ4v) is 3.32. The average Bonchev–Trinajstić information content (AvgIpc) is 3.24. The van der Waals surface area contributed by atoms with Crippen molar-refractivity contribution in [3.63, 3.8) is 0 Å². The zero-order valence-electron chi connectivity index (χ0n) is 17.8. The molecule has 2 rings (SSSR count). The van der Waals surface area contributed by atoms with Crippen LogP contribution in [0.4, 0.5) is 4.79 Å². The molecule has 0 aliphatic heterocycles. The molecule has 11 nitrogen and oxygen atoms in total. The Labute approximate surface area is 189 Å². The molecule has 0 unspecified atom stereocenters. The number of nitrogens with zero attached hydrogens (tertiary/aromatic N) is 2. The summed E-state index contributed by atoms with van der Waals surface area (Å²) in [5.74, 6) is -1.13. The number of aromatic nitrogens is 2. The van der Waals surface area contributed by atoms with Crippen molar-refractivity contribution in [1.82, 2.24) is 20.8 Å². The summed E-state index contributed by atoms with van der Waals surface area (Å²) in [7, 11) is 1.19. The number of esters is 1. The first-order valence-electron chi connectivity index (χ1n) is 9.89. The summed E-state index contributed by atoms with van der Waals surface area (Å²) >= 11 is 1.25. The molecule has 5 N–H and O–H groups in total. The summed E-state index contributed by atoms with van der Waals surface area (Å²) in [4.78, 5) is 36.0. The van der Waals surface area contributed by atoms with Crippen molar-refractivity contribution in [3.8, 4) is 10.6 Å². The zero-order chi connectivity index (χ0) is 23.5. The van der Waals surface area contributed by atoms with Gasteiger partial charge in [0.05, 0.1) is 20.1 Å². The number of amidine groups is 1. The van der Waals surface area contributed by atoms with E-state index in [1.165, 1.54) is 18.4 Å². The molecule has 0 fully saturated rings. The molecule has 0 aliphatic rings. The summed E-state index contributed by atoms with van der Waals surface area (Å²) in [5.41, 5.74) is 6.83. The highest BCUT2D eigenvalue weighted by molar-refractivity contribution is 7.14. The number of nitrogen functional groups attached to an aromatic ring is 1. The van der Waals surface area contributed by atoms with E-state index < -0.39 is 24.0 Å². The van der Waals surface area contributed by atoms with Gasteiger partial charge in [0.2, 0.25) is 5.91 Å². The van der Waals surface area contributed by atoms with Gasteiger partial charge in [-0.15, -0.1) is 10.2 Å². The molecule has 0 bridgehead atoms. The van der Waals surface area contributed by atoms with Crippen molar-refractivity contribution in [3.05, 3.63) is 34.8 Å². The number of nitrogens with two attached hydrogens (primary N) is 1. The second-order valence-electron chi connectivity index (χ2n) is 6.68. The normalized spacial score (nSPS) is 11.3. The van der Waals surface area contributed by atoms with Crippen LogP contribution >= 0.6 is 11.3 Å². The Morgan fingerprint density at radius 2 is 1.94 bits per heavy atom. The average molecular weight is 463 g/mol. The molecule has 0 saturated heterocycles. The molecule has 32 heavy (non-hydrogen) atoms. The lowest BCUT2D eigenvalue weighted by molar-refractivity contribution is -0.142. The van der Waals surface area contributed by atoms with E-state index in [1.54, 1.807) is 24.3 Å². The molecule has 12 heteroatoms. The Bertz CT molecular complexity index is 946. The van der Waals surface area contributed by atoms with Crippen molar-refractivity contribution >= 4 is 35.1 Å². The fourth-order valence-electron chi connectivity index (χ4n) is 2.48. The van der Waals surface area contributed by atoms with Gasteiger partial charge in [0.1, 0.15) is 21.9 Å². The number of methoxy groups -OCH3 is 1. The summed E-state index contributed by atoms with van der Waals surface area (Å²) in [6, 6.07) is 5.88. The minimum Gasteiger partial charge on any atom is -0.467 e. The molecule has 0 saturated carbocycles. The van der Waals surface area contributed by atoms with Gasteiger partial charge in [-0.1, -0.05) is 48.9 Å². The van der Waals surface area contributed by atoms with Gasteiger partial charge < -0.3 is 25.8 Å². The van der Waals surface area contributed by atoms with Crippen LogP contribution in [0, 0.1) is 5.41 Å². The van der Waals surface area contributed by atoms with Crippen LogP contribution in [0.3, 0.4) is 0 Å². The lowest BCUT2D eigenvalue weighted by Crippen LogP contribution is -2.49. The van der Waals surface area contributed by atoms with E-state index in [1.807, 2.05) is 6.92 Å². The molecular formula is C20H26N6O5S. The maximum absolute atomic E-state index is 12.3. The fraction of sp³-hybridized carbons (Fsp3) is 0.400. The second kappa shape index (κ2) is 12.3. The van der Waals surface area contributed by atoms with Crippen molar-refractivity contribution in [1.29, 1.82) is 5.41 Å². The van der Waals surface area contributed by atoms with Crippen LogP contribution in [-0.2, 0) is 25.5 Å². The van der Waals surface area contributed by atoms with Crippen LogP contribution in [0.15, 0.2) is 24.3 Å². The van der Waals surface area contributed by atoms with Crippen LogP contribution in [0.1, 0.15) is 30.3 Å². The largest absolute Gasteiger partial charge is 0.467 e. The highest BCUT2D eigenvalue weighted by Gasteiger charge is 2.23. The van der Waals surface area contributed by atoms with Crippen LogP contribution in [-0.4, -0.2) is 60.3 Å². The molecule has 0 spiro atoms. The Hall–Kier alpha value is -3.54. The van der Waals surface area contributed by atoms with E-state index in [2.05, 4.69) is 25.6 Å². The molecule has 2 amide bonds. The number of rotatable bonds is 11. The number of carbonyl (C=O) groups excluding carboxylic acids is 3.